The number of rotatable bonds is 7. The summed E-state index contributed by atoms with van der Waals surface area (Å²) in [6, 6.07) is 0. The summed E-state index contributed by atoms with van der Waals surface area (Å²) in [6.45, 7) is 8.63. The van der Waals surface area contributed by atoms with Crippen LogP contribution in [0.1, 0.15) is 34.6 Å². The maximum Gasteiger partial charge on any atom is 0.362 e. The number of carbonyl (C=O) groups is 1. The Kier molecular flexibility index (Phi) is 10.8. The monoisotopic (exact) mass is 348 g/mol. The number of hydrogen-bond acceptors (Lipinski definition) is 7. The molecule has 0 aromatic heterocycles. The highest BCUT2D eigenvalue weighted by atomic mass is 32.2. The third kappa shape index (κ3) is 21.7. The van der Waals surface area contributed by atoms with E-state index in [1.165, 1.54) is 0 Å². The number of hydrogen-bond donors (Lipinski definition) is 2. The molecule has 0 bridgehead atoms. The minimum Gasteiger partial charge on any atom is -0.274 e. The van der Waals surface area contributed by atoms with Crippen molar-refractivity contribution >= 4 is 26.5 Å². The molecule has 0 aliphatic heterocycles. The lowest BCUT2D eigenvalue weighted by Crippen LogP contribution is -2.30. The molecule has 0 radical (unpaired) electrons. The quantitative estimate of drug-likeness (QED) is 0.654. The van der Waals surface area contributed by atoms with Crippen molar-refractivity contribution in [2.24, 2.45) is 17.0 Å². The zero-order valence-electron chi connectivity index (χ0n) is 12.8. The molecule has 0 rings (SSSR count). The Morgan fingerprint density at radius 3 is 1.62 bits per heavy atom. The molecule has 0 aromatic rings. The first-order valence-electron chi connectivity index (χ1n) is 6.10. The fraction of sp³-hybridized carbons (Fsp3) is 0.900. The summed E-state index contributed by atoms with van der Waals surface area (Å²) in [5, 5.41) is 4.53. The van der Waals surface area contributed by atoms with E-state index in [1.807, 2.05) is 27.7 Å². The highest BCUT2D eigenvalue weighted by molar-refractivity contribution is 7.85. The second kappa shape index (κ2) is 10.1. The molecule has 0 saturated carbocycles. The molecular weight excluding hydrogens is 324 g/mol. The smallest absolute Gasteiger partial charge is 0.274 e. The van der Waals surface area contributed by atoms with Crippen LogP contribution < -0.4 is 9.86 Å². The summed E-state index contributed by atoms with van der Waals surface area (Å²) in [6.07, 6.45) is 0. The van der Waals surface area contributed by atoms with Crippen LogP contribution in [-0.4, -0.2) is 36.0 Å². The van der Waals surface area contributed by atoms with E-state index in [2.05, 4.69) is 13.5 Å². The minimum atomic E-state index is -3.88. The first-order valence-corrected chi connectivity index (χ1v) is 8.98. The molecule has 0 atom stereocenters. The summed E-state index contributed by atoms with van der Waals surface area (Å²) < 4.78 is 52.1. The number of amides is 1. The van der Waals surface area contributed by atoms with Gasteiger partial charge in [-0.2, -0.15) is 16.8 Å². The SMILES string of the molecule is CC(=O)NS(=O)(=O)OCC(C)C.CC(C)COS(N)(=O)=O. The Labute approximate surface area is 126 Å². The molecule has 0 spiro atoms. The lowest BCUT2D eigenvalue weighted by molar-refractivity contribution is -0.117. The van der Waals surface area contributed by atoms with E-state index in [0.29, 0.717) is 0 Å². The van der Waals surface area contributed by atoms with Crippen LogP contribution in [-0.2, 0) is 33.8 Å². The largest absolute Gasteiger partial charge is 0.362 e. The van der Waals surface area contributed by atoms with Gasteiger partial charge in [-0.15, -0.1) is 0 Å². The molecule has 11 heteroatoms. The second-order valence-electron chi connectivity index (χ2n) is 4.96. The van der Waals surface area contributed by atoms with E-state index in [4.69, 9.17) is 0 Å². The second-order valence-corrected chi connectivity index (χ2v) is 7.53. The predicted molar refractivity (Wildman–Crippen MR) is 77.4 cm³/mol. The van der Waals surface area contributed by atoms with Gasteiger partial charge < -0.3 is 0 Å². The molecule has 0 aliphatic rings. The molecule has 21 heavy (non-hydrogen) atoms. The van der Waals surface area contributed by atoms with E-state index in [-0.39, 0.29) is 25.0 Å². The molecule has 128 valence electrons. The van der Waals surface area contributed by atoms with Crippen molar-refractivity contribution in [3.05, 3.63) is 0 Å². The fourth-order valence-electron chi connectivity index (χ4n) is 0.662. The van der Waals surface area contributed by atoms with Gasteiger partial charge in [-0.3, -0.25) is 13.2 Å². The fourth-order valence-corrected chi connectivity index (χ4v) is 1.99. The van der Waals surface area contributed by atoms with Gasteiger partial charge in [0.1, 0.15) is 0 Å². The van der Waals surface area contributed by atoms with Crippen molar-refractivity contribution in [1.29, 1.82) is 0 Å². The summed E-state index contributed by atoms with van der Waals surface area (Å²) in [4.78, 5) is 10.3. The molecule has 0 fully saturated rings. The molecule has 9 nitrogen and oxygen atoms in total. The van der Waals surface area contributed by atoms with Gasteiger partial charge in [0.25, 0.3) is 0 Å². The van der Waals surface area contributed by atoms with Gasteiger partial charge in [0.15, 0.2) is 0 Å². The minimum absolute atomic E-state index is 0.0720. The van der Waals surface area contributed by atoms with Crippen LogP contribution in [0.15, 0.2) is 0 Å². The van der Waals surface area contributed by atoms with E-state index < -0.39 is 26.5 Å². The predicted octanol–water partition coefficient (Wildman–Crippen LogP) is -0.0976. The normalized spacial score (nSPS) is 12.0. The summed E-state index contributed by atoms with van der Waals surface area (Å²) in [5.74, 6) is -0.365. The molecule has 3 N–H and O–H groups in total. The number of carbonyl (C=O) groups excluding carboxylic acids is 1. The Balaban J connectivity index is 0. The van der Waals surface area contributed by atoms with Gasteiger partial charge in [0.05, 0.1) is 13.2 Å². The summed E-state index contributed by atoms with van der Waals surface area (Å²) in [7, 11) is -7.59. The Hall–Kier alpha value is -0.750. The molecule has 0 heterocycles. The van der Waals surface area contributed by atoms with Crippen LogP contribution in [0, 0.1) is 11.8 Å². The molecule has 0 aliphatic carbocycles. The molecule has 0 saturated heterocycles. The van der Waals surface area contributed by atoms with E-state index in [0.717, 1.165) is 6.92 Å². The number of nitrogens with one attached hydrogen (secondary N) is 1. The van der Waals surface area contributed by atoms with Crippen molar-refractivity contribution in [2.45, 2.75) is 34.6 Å². The Morgan fingerprint density at radius 2 is 1.38 bits per heavy atom. The molecular formula is C10H24N2O7S2. The maximum atomic E-state index is 10.8. The first kappa shape index (κ1) is 22.5. The van der Waals surface area contributed by atoms with E-state index in [1.54, 1.807) is 4.72 Å². The average molecular weight is 348 g/mol. The van der Waals surface area contributed by atoms with Gasteiger partial charge >= 0.3 is 20.6 Å². The van der Waals surface area contributed by atoms with Crippen LogP contribution in [0.25, 0.3) is 0 Å². The maximum absolute atomic E-state index is 10.8. The van der Waals surface area contributed by atoms with Gasteiger partial charge in [0.2, 0.25) is 5.91 Å². The van der Waals surface area contributed by atoms with Gasteiger partial charge in [-0.1, -0.05) is 27.7 Å². The third-order valence-corrected chi connectivity index (χ3v) is 2.84. The Bertz CT molecular complexity index is 497. The zero-order valence-corrected chi connectivity index (χ0v) is 14.5. The summed E-state index contributed by atoms with van der Waals surface area (Å²) in [5.41, 5.74) is 0. The standard InChI is InChI=1S/C6H13NO4S.C4H11NO3S/c1-5(2)4-11-12(9,10)7-6(3)8;1-4(2)3-8-9(5,6)7/h5H,4H2,1-3H3,(H,7,8);4H,3H2,1-2H3,(H2,5,6,7). The average Bonchev–Trinajstić information content (AvgIpc) is 2.22. The molecule has 0 unspecified atom stereocenters. The van der Waals surface area contributed by atoms with Crippen molar-refractivity contribution < 1.29 is 30.0 Å². The third-order valence-electron chi connectivity index (χ3n) is 1.39. The molecule has 0 aromatic carbocycles. The van der Waals surface area contributed by atoms with Crippen LogP contribution in [0.4, 0.5) is 0 Å². The van der Waals surface area contributed by atoms with Crippen molar-refractivity contribution in [3.63, 3.8) is 0 Å². The number of nitrogens with two attached hydrogens (primary N) is 1. The van der Waals surface area contributed by atoms with Crippen molar-refractivity contribution in [2.75, 3.05) is 13.2 Å². The topological polar surface area (TPSA) is 142 Å². The highest BCUT2D eigenvalue weighted by Crippen LogP contribution is 1.96. The van der Waals surface area contributed by atoms with Crippen molar-refractivity contribution in [1.82, 2.24) is 4.72 Å². The van der Waals surface area contributed by atoms with E-state index in [9.17, 15) is 21.6 Å². The van der Waals surface area contributed by atoms with Gasteiger partial charge in [0, 0.05) is 6.92 Å². The van der Waals surface area contributed by atoms with E-state index >= 15 is 0 Å². The van der Waals surface area contributed by atoms with Crippen LogP contribution in [0.3, 0.4) is 0 Å². The first-order chi connectivity index (χ1) is 9.25. The summed E-state index contributed by atoms with van der Waals surface area (Å²) >= 11 is 0. The van der Waals surface area contributed by atoms with Gasteiger partial charge in [-0.05, 0) is 11.8 Å². The zero-order chi connectivity index (χ0) is 17.3. The lowest BCUT2D eigenvalue weighted by Gasteiger charge is -2.06. The van der Waals surface area contributed by atoms with Crippen LogP contribution in [0.5, 0.6) is 0 Å². The van der Waals surface area contributed by atoms with Crippen molar-refractivity contribution in [3.8, 4) is 0 Å². The van der Waals surface area contributed by atoms with Crippen LogP contribution >= 0.6 is 0 Å². The van der Waals surface area contributed by atoms with Gasteiger partial charge in [-0.25, -0.2) is 9.86 Å². The highest BCUT2D eigenvalue weighted by Gasteiger charge is 2.12. The molecule has 1 amide bonds. The van der Waals surface area contributed by atoms with Crippen LogP contribution in [0.2, 0.25) is 0 Å². The lowest BCUT2D eigenvalue weighted by atomic mass is 10.2. The Morgan fingerprint density at radius 1 is 1.00 bits per heavy atom.